The summed E-state index contributed by atoms with van der Waals surface area (Å²) in [5.41, 5.74) is 0.570. The topological polar surface area (TPSA) is 92.8 Å². The molecule has 1 saturated carbocycles. The van der Waals surface area contributed by atoms with Crippen molar-refractivity contribution in [3.63, 3.8) is 0 Å². The second-order valence-corrected chi connectivity index (χ2v) is 9.94. The zero-order chi connectivity index (χ0) is 26.6. The molecule has 1 saturated heterocycles. The average Bonchev–Trinajstić information content (AvgIpc) is 3.57. The molecule has 2 fully saturated rings. The lowest BCUT2D eigenvalue weighted by Crippen LogP contribution is -2.30. The van der Waals surface area contributed by atoms with E-state index in [1.807, 2.05) is 65.6 Å². The third-order valence-electron chi connectivity index (χ3n) is 6.98. The maximum Gasteiger partial charge on any atom is 0.246 e. The van der Waals surface area contributed by atoms with Crippen LogP contribution in [0.25, 0.3) is 11.0 Å². The van der Waals surface area contributed by atoms with E-state index < -0.39 is 0 Å². The van der Waals surface area contributed by atoms with Gasteiger partial charge in [-0.15, -0.1) is 5.10 Å². The summed E-state index contributed by atoms with van der Waals surface area (Å²) in [7, 11) is 2.10. The maximum atomic E-state index is 12.7. The first kappa shape index (κ1) is 24.9. The molecule has 0 spiro atoms. The van der Waals surface area contributed by atoms with Gasteiger partial charge in [0.25, 0.3) is 0 Å². The van der Waals surface area contributed by atoms with E-state index in [1.165, 1.54) is 12.8 Å². The number of benzene rings is 2. The lowest BCUT2D eigenvalue weighted by atomic mass is 10.3. The van der Waals surface area contributed by atoms with Crippen molar-refractivity contribution in [2.75, 3.05) is 26.7 Å². The summed E-state index contributed by atoms with van der Waals surface area (Å²) in [5.74, 6) is 3.14. The number of carbonyl (C=O) groups excluding carboxylic acids is 1. The Bertz CT molecular complexity index is 1450. The van der Waals surface area contributed by atoms with Crippen LogP contribution in [0.3, 0.4) is 0 Å². The quantitative estimate of drug-likeness (QED) is 0.286. The van der Waals surface area contributed by atoms with Crippen molar-refractivity contribution in [1.82, 2.24) is 25.0 Å². The van der Waals surface area contributed by atoms with Crippen molar-refractivity contribution in [2.24, 2.45) is 0 Å². The molecular formula is C30H31N5O4. The van der Waals surface area contributed by atoms with Crippen molar-refractivity contribution < 1.29 is 19.0 Å². The zero-order valence-corrected chi connectivity index (χ0v) is 21.8. The number of nitrogens with one attached hydrogen (secondary N) is 1. The highest BCUT2D eigenvalue weighted by molar-refractivity contribution is 5.88. The third kappa shape index (κ3) is 6.04. The number of likely N-dealkylation sites (N-methyl/N-ethyl adjacent to an activating group) is 1. The van der Waals surface area contributed by atoms with Gasteiger partial charge in [0.2, 0.25) is 11.8 Å². The number of ether oxygens (including phenoxy) is 3. The Kier molecular flexibility index (Phi) is 7.14. The minimum atomic E-state index is -0.162. The number of aromatic amines is 1. The summed E-state index contributed by atoms with van der Waals surface area (Å²) in [6.07, 6.45) is 8.37. The molecule has 0 bridgehead atoms. The molecule has 39 heavy (non-hydrogen) atoms. The molecule has 9 nitrogen and oxygen atoms in total. The number of amides is 1. The van der Waals surface area contributed by atoms with Gasteiger partial charge >= 0.3 is 0 Å². The second-order valence-electron chi connectivity index (χ2n) is 9.94. The number of hydrogen-bond donors (Lipinski definition) is 1. The van der Waals surface area contributed by atoms with Crippen LogP contribution < -0.4 is 14.2 Å². The van der Waals surface area contributed by atoms with Crippen LogP contribution in [0.2, 0.25) is 0 Å². The molecule has 1 amide bonds. The number of fused-ring (bicyclic) bond motifs is 1. The molecule has 2 aliphatic rings. The largest absolute Gasteiger partial charge is 0.471 e. The van der Waals surface area contributed by atoms with Crippen molar-refractivity contribution in [1.29, 1.82) is 0 Å². The van der Waals surface area contributed by atoms with Gasteiger partial charge in [-0.3, -0.25) is 14.8 Å². The van der Waals surface area contributed by atoms with Gasteiger partial charge in [-0.25, -0.2) is 4.98 Å². The normalized spacial score (nSPS) is 17.3. The van der Waals surface area contributed by atoms with Crippen molar-refractivity contribution >= 4 is 16.9 Å². The number of carbonyl (C=O) groups is 1. The molecule has 2 aromatic carbocycles. The summed E-state index contributed by atoms with van der Waals surface area (Å²) >= 11 is 0. The summed E-state index contributed by atoms with van der Waals surface area (Å²) in [5, 5.41) is 7.94. The lowest BCUT2D eigenvalue weighted by molar-refractivity contribution is -0.125. The standard InChI is InChI=1S/C30H31N5O4/c1-34(21-9-10-21)18-5-8-27(36)35-19-16-25(20-35)39-30-28-26(15-17-31-29(28)32-33-30)38-24-13-11-23(12-14-24)37-22-6-3-2-4-7-22/h2-8,11-15,17,21,25H,9-10,16,18-20H2,1H3,(H,31,32,33). The molecule has 6 rings (SSSR count). The fraction of sp³-hybridized carbons (Fsp3) is 0.300. The minimum absolute atomic E-state index is 0.0163. The van der Waals surface area contributed by atoms with E-state index in [4.69, 9.17) is 14.2 Å². The Balaban J connectivity index is 1.09. The van der Waals surface area contributed by atoms with E-state index in [1.54, 1.807) is 18.3 Å². The number of para-hydroxylation sites is 1. The van der Waals surface area contributed by atoms with E-state index in [0.717, 1.165) is 18.7 Å². The minimum Gasteiger partial charge on any atom is -0.471 e. The van der Waals surface area contributed by atoms with Crippen LogP contribution in [0, 0.1) is 0 Å². The highest BCUT2D eigenvalue weighted by atomic mass is 16.5. The smallest absolute Gasteiger partial charge is 0.246 e. The molecule has 0 radical (unpaired) electrons. The van der Waals surface area contributed by atoms with Crippen molar-refractivity contribution in [3.05, 3.63) is 79.0 Å². The monoisotopic (exact) mass is 525 g/mol. The highest BCUT2D eigenvalue weighted by Gasteiger charge is 2.29. The molecule has 3 heterocycles. The van der Waals surface area contributed by atoms with Gasteiger partial charge in [0.1, 0.15) is 34.5 Å². The predicted molar refractivity (Wildman–Crippen MR) is 147 cm³/mol. The molecule has 1 unspecified atom stereocenters. The lowest BCUT2D eigenvalue weighted by Gasteiger charge is -2.16. The van der Waals surface area contributed by atoms with Gasteiger partial charge in [0, 0.05) is 43.9 Å². The first-order chi connectivity index (χ1) is 19.1. The fourth-order valence-electron chi connectivity index (χ4n) is 4.66. The SMILES string of the molecule is CN(CC=CC(=O)N1CCC(Oc2n[nH]c3nccc(Oc4ccc(Oc5ccccc5)cc4)c23)C1)C1CC1. The van der Waals surface area contributed by atoms with Gasteiger partial charge in [-0.1, -0.05) is 24.3 Å². The molecule has 200 valence electrons. The van der Waals surface area contributed by atoms with Gasteiger partial charge in [-0.2, -0.15) is 0 Å². The first-order valence-corrected chi connectivity index (χ1v) is 13.3. The van der Waals surface area contributed by atoms with Crippen LogP contribution in [0.15, 0.2) is 79.0 Å². The van der Waals surface area contributed by atoms with E-state index in [9.17, 15) is 4.79 Å². The van der Waals surface area contributed by atoms with Crippen LogP contribution in [-0.2, 0) is 4.79 Å². The molecule has 1 aliphatic carbocycles. The van der Waals surface area contributed by atoms with E-state index in [2.05, 4.69) is 27.1 Å². The Morgan fingerprint density at radius 3 is 2.54 bits per heavy atom. The van der Waals surface area contributed by atoms with E-state index in [-0.39, 0.29) is 12.0 Å². The molecule has 9 heteroatoms. The number of likely N-dealkylation sites (tertiary alicyclic amines) is 1. The van der Waals surface area contributed by atoms with Crippen LogP contribution in [0.4, 0.5) is 0 Å². The van der Waals surface area contributed by atoms with Gasteiger partial charge < -0.3 is 19.1 Å². The molecule has 4 aromatic rings. The Morgan fingerprint density at radius 1 is 1.03 bits per heavy atom. The van der Waals surface area contributed by atoms with Crippen LogP contribution in [-0.4, -0.2) is 69.7 Å². The Hall–Kier alpha value is -4.37. The fourth-order valence-corrected chi connectivity index (χ4v) is 4.66. The summed E-state index contributed by atoms with van der Waals surface area (Å²) in [4.78, 5) is 21.1. The van der Waals surface area contributed by atoms with Gasteiger partial charge in [0.15, 0.2) is 5.65 Å². The van der Waals surface area contributed by atoms with Gasteiger partial charge in [0.05, 0.1) is 6.54 Å². The van der Waals surface area contributed by atoms with E-state index >= 15 is 0 Å². The third-order valence-corrected chi connectivity index (χ3v) is 6.98. The summed E-state index contributed by atoms with van der Waals surface area (Å²) < 4.78 is 18.3. The molecule has 2 aromatic heterocycles. The Morgan fingerprint density at radius 2 is 1.77 bits per heavy atom. The number of hydrogen-bond acceptors (Lipinski definition) is 7. The van der Waals surface area contributed by atoms with Crippen LogP contribution >= 0.6 is 0 Å². The second kappa shape index (κ2) is 11.2. The molecule has 1 atom stereocenters. The van der Waals surface area contributed by atoms with Crippen molar-refractivity contribution in [3.8, 4) is 28.9 Å². The molecule has 1 N–H and O–H groups in total. The van der Waals surface area contributed by atoms with Crippen LogP contribution in [0.5, 0.6) is 28.9 Å². The number of H-pyrrole nitrogens is 1. The maximum absolute atomic E-state index is 12.7. The van der Waals surface area contributed by atoms with Gasteiger partial charge in [-0.05, 0) is 56.3 Å². The first-order valence-electron chi connectivity index (χ1n) is 13.3. The highest BCUT2D eigenvalue weighted by Crippen LogP contribution is 2.35. The Labute approximate surface area is 227 Å². The number of rotatable bonds is 10. The molecule has 1 aliphatic heterocycles. The number of aromatic nitrogens is 3. The summed E-state index contributed by atoms with van der Waals surface area (Å²) in [6, 6.07) is 19.5. The number of nitrogens with zero attached hydrogens (tertiary/aromatic N) is 4. The predicted octanol–water partition coefficient (Wildman–Crippen LogP) is 5.17. The van der Waals surface area contributed by atoms with E-state index in [0.29, 0.717) is 53.3 Å². The number of pyridine rings is 1. The molecular weight excluding hydrogens is 494 g/mol. The van der Waals surface area contributed by atoms with Crippen LogP contribution in [0.1, 0.15) is 19.3 Å². The average molecular weight is 526 g/mol. The summed E-state index contributed by atoms with van der Waals surface area (Å²) in [6.45, 7) is 1.95. The van der Waals surface area contributed by atoms with Crippen molar-refractivity contribution in [2.45, 2.75) is 31.4 Å². The zero-order valence-electron chi connectivity index (χ0n) is 21.8.